The van der Waals surface area contributed by atoms with E-state index in [-0.39, 0.29) is 11.6 Å². The maximum absolute atomic E-state index is 14.5. The summed E-state index contributed by atoms with van der Waals surface area (Å²) in [6.07, 6.45) is 2.80. The first-order chi connectivity index (χ1) is 14.6. The second-order valence-electron chi connectivity index (χ2n) is 7.79. The van der Waals surface area contributed by atoms with Crippen LogP contribution in [0.5, 0.6) is 0 Å². The van der Waals surface area contributed by atoms with Crippen molar-refractivity contribution in [2.45, 2.75) is 18.6 Å². The van der Waals surface area contributed by atoms with Gasteiger partial charge in [-0.3, -0.25) is 0 Å². The molecule has 0 radical (unpaired) electrons. The van der Waals surface area contributed by atoms with Crippen molar-refractivity contribution in [3.8, 4) is 0 Å². The van der Waals surface area contributed by atoms with Crippen LogP contribution in [0.4, 0.5) is 13.2 Å². The van der Waals surface area contributed by atoms with Crippen LogP contribution in [-0.2, 0) is 15.6 Å². The van der Waals surface area contributed by atoms with Crippen molar-refractivity contribution >= 4 is 20.7 Å². The molecular weight excluding hydrogens is 423 g/mol. The Morgan fingerprint density at radius 2 is 1.55 bits per heavy atom. The van der Waals surface area contributed by atoms with Gasteiger partial charge in [0.2, 0.25) is 0 Å². The lowest BCUT2D eigenvalue weighted by Gasteiger charge is -2.20. The predicted molar refractivity (Wildman–Crippen MR) is 115 cm³/mol. The number of hydrogen-bond acceptors (Lipinski definition) is 2. The van der Waals surface area contributed by atoms with Crippen LogP contribution in [-0.4, -0.2) is 19.7 Å². The molecule has 1 N–H and O–H groups in total. The Morgan fingerprint density at radius 3 is 2.19 bits per heavy atom. The molecule has 7 heteroatoms. The molecule has 4 rings (SSSR count). The Balaban J connectivity index is 1.98. The lowest BCUT2D eigenvalue weighted by Crippen LogP contribution is -2.06. The lowest BCUT2D eigenvalue weighted by molar-refractivity contribution is 0.600. The zero-order chi connectivity index (χ0) is 22.3. The topological polar surface area (TPSA) is 49.9 Å². The highest BCUT2D eigenvalue weighted by Crippen LogP contribution is 2.39. The van der Waals surface area contributed by atoms with Crippen LogP contribution in [0.1, 0.15) is 33.7 Å². The number of benzene rings is 3. The highest BCUT2D eigenvalue weighted by atomic mass is 32.2. The van der Waals surface area contributed by atoms with Gasteiger partial charge >= 0.3 is 0 Å². The summed E-state index contributed by atoms with van der Waals surface area (Å²) in [6, 6.07) is 12.9. The molecule has 0 aliphatic rings. The molecule has 0 saturated heterocycles. The second kappa shape index (κ2) is 7.89. The van der Waals surface area contributed by atoms with E-state index < -0.39 is 27.4 Å². The first-order valence-corrected chi connectivity index (χ1v) is 11.7. The minimum atomic E-state index is -3.39. The smallest absolute Gasteiger partial charge is 0.151 e. The van der Waals surface area contributed by atoms with Crippen molar-refractivity contribution in [1.29, 1.82) is 0 Å². The van der Waals surface area contributed by atoms with Crippen LogP contribution in [0.2, 0.25) is 0 Å². The zero-order valence-electron chi connectivity index (χ0n) is 16.9. The van der Waals surface area contributed by atoms with E-state index in [2.05, 4.69) is 4.98 Å². The Hall–Kier alpha value is -3.06. The van der Waals surface area contributed by atoms with Crippen LogP contribution in [0.3, 0.4) is 0 Å². The molecule has 1 heterocycles. The monoisotopic (exact) mass is 443 g/mol. The number of aromatic nitrogens is 1. The molecule has 0 bridgehead atoms. The molecule has 3 aromatic carbocycles. The normalized spacial score (nSPS) is 12.9. The fraction of sp³-hybridized carbons (Fsp3) is 0.167. The van der Waals surface area contributed by atoms with Gasteiger partial charge in [0.15, 0.2) is 9.84 Å². The summed E-state index contributed by atoms with van der Waals surface area (Å²) in [5, 5.41) is 0.525. The fourth-order valence-electron chi connectivity index (χ4n) is 4.07. The minimum Gasteiger partial charge on any atom is -0.361 e. The van der Waals surface area contributed by atoms with E-state index in [1.54, 1.807) is 31.3 Å². The first-order valence-electron chi connectivity index (χ1n) is 9.61. The lowest BCUT2D eigenvalue weighted by atomic mass is 9.83. The number of rotatable bonds is 5. The molecule has 0 aliphatic carbocycles. The average Bonchev–Trinajstić information content (AvgIpc) is 3.07. The Morgan fingerprint density at radius 1 is 0.871 bits per heavy atom. The van der Waals surface area contributed by atoms with Gasteiger partial charge in [-0.15, -0.1) is 0 Å². The molecule has 0 spiro atoms. The molecule has 0 fully saturated rings. The van der Waals surface area contributed by atoms with Gasteiger partial charge in [0.05, 0.1) is 11.3 Å². The number of sulfone groups is 1. The summed E-state index contributed by atoms with van der Waals surface area (Å²) in [7, 11) is -3.39. The van der Waals surface area contributed by atoms with Crippen molar-refractivity contribution in [2.75, 3.05) is 6.26 Å². The van der Waals surface area contributed by atoms with Crippen molar-refractivity contribution in [1.82, 2.24) is 4.98 Å². The van der Waals surface area contributed by atoms with Gasteiger partial charge in [-0.2, -0.15) is 0 Å². The van der Waals surface area contributed by atoms with Crippen LogP contribution < -0.4 is 0 Å². The summed E-state index contributed by atoms with van der Waals surface area (Å²) < 4.78 is 65.5. The maximum atomic E-state index is 14.5. The van der Waals surface area contributed by atoms with E-state index >= 15 is 0 Å². The van der Waals surface area contributed by atoms with Crippen LogP contribution >= 0.6 is 0 Å². The number of fused-ring (bicyclic) bond motifs is 1. The zero-order valence-corrected chi connectivity index (χ0v) is 17.7. The summed E-state index contributed by atoms with van der Waals surface area (Å²) in [5.74, 6) is -2.07. The SMILES string of the molecule is Cc1cc(F)ccc1C(c1ccc(F)cc1)c1c[nH]c2c(CS(C)(=O)=O)cc(F)cc12. The standard InChI is InChI=1S/C24H20F3NO2S/c1-14-9-18(26)7-8-20(14)23(15-3-5-17(25)6-4-15)22-12-28-24-16(13-31(2,29)30)10-19(27)11-21(22)24/h3-12,23,28H,13H2,1-2H3. The van der Waals surface area contributed by atoms with E-state index in [1.807, 2.05) is 0 Å². The molecule has 1 atom stereocenters. The molecule has 0 amide bonds. The van der Waals surface area contributed by atoms with E-state index in [4.69, 9.17) is 0 Å². The third kappa shape index (κ3) is 4.37. The van der Waals surface area contributed by atoms with Gasteiger partial charge in [0.1, 0.15) is 17.5 Å². The molecule has 4 aromatic rings. The van der Waals surface area contributed by atoms with Gasteiger partial charge in [0.25, 0.3) is 0 Å². The number of hydrogen-bond donors (Lipinski definition) is 1. The van der Waals surface area contributed by atoms with E-state index in [0.717, 1.165) is 17.4 Å². The highest BCUT2D eigenvalue weighted by molar-refractivity contribution is 7.89. The summed E-state index contributed by atoms with van der Waals surface area (Å²) in [5.41, 5.74) is 3.75. The van der Waals surface area contributed by atoms with Crippen molar-refractivity contribution in [2.24, 2.45) is 0 Å². The molecular formula is C24H20F3NO2S. The van der Waals surface area contributed by atoms with Gasteiger partial charge in [-0.05, 0) is 71.1 Å². The second-order valence-corrected chi connectivity index (χ2v) is 9.93. The van der Waals surface area contributed by atoms with Gasteiger partial charge < -0.3 is 4.98 Å². The molecule has 1 unspecified atom stereocenters. The third-order valence-corrected chi connectivity index (χ3v) is 6.18. The van der Waals surface area contributed by atoms with E-state index in [1.165, 1.54) is 36.4 Å². The Labute approximate surface area is 178 Å². The van der Waals surface area contributed by atoms with Crippen molar-refractivity contribution in [3.63, 3.8) is 0 Å². The maximum Gasteiger partial charge on any atom is 0.151 e. The number of nitrogens with one attached hydrogen (secondary N) is 1. The molecule has 1 aromatic heterocycles. The first kappa shape index (κ1) is 21.2. The Kier molecular flexibility index (Phi) is 5.39. The Bertz CT molecular complexity index is 1380. The molecule has 0 saturated carbocycles. The number of aromatic amines is 1. The van der Waals surface area contributed by atoms with Crippen molar-refractivity contribution < 1.29 is 21.6 Å². The summed E-state index contributed by atoms with van der Waals surface area (Å²) >= 11 is 0. The fourth-order valence-corrected chi connectivity index (χ4v) is 4.86. The molecule has 0 aliphatic heterocycles. The van der Waals surface area contributed by atoms with Crippen molar-refractivity contribution in [3.05, 3.63) is 106 Å². The minimum absolute atomic E-state index is 0.308. The predicted octanol–water partition coefficient (Wildman–Crippen LogP) is 5.62. The van der Waals surface area contributed by atoms with Crippen LogP contribution in [0, 0.1) is 24.4 Å². The van der Waals surface area contributed by atoms with Gasteiger partial charge in [0, 0.05) is 23.8 Å². The molecule has 31 heavy (non-hydrogen) atoms. The number of halogens is 3. The van der Waals surface area contributed by atoms with Crippen LogP contribution in [0.15, 0.2) is 60.8 Å². The number of aryl methyl sites for hydroxylation is 1. The average molecular weight is 443 g/mol. The largest absolute Gasteiger partial charge is 0.361 e. The summed E-state index contributed by atoms with van der Waals surface area (Å²) in [6.45, 7) is 1.78. The van der Waals surface area contributed by atoms with Crippen LogP contribution in [0.25, 0.3) is 10.9 Å². The quantitative estimate of drug-likeness (QED) is 0.435. The third-order valence-electron chi connectivity index (χ3n) is 5.34. The van der Waals surface area contributed by atoms with Gasteiger partial charge in [-0.1, -0.05) is 18.2 Å². The number of H-pyrrole nitrogens is 1. The van der Waals surface area contributed by atoms with E-state index in [9.17, 15) is 21.6 Å². The van der Waals surface area contributed by atoms with Gasteiger partial charge in [-0.25, -0.2) is 21.6 Å². The highest BCUT2D eigenvalue weighted by Gasteiger charge is 2.24. The molecule has 3 nitrogen and oxygen atoms in total. The van der Waals surface area contributed by atoms with E-state index in [0.29, 0.717) is 27.6 Å². The molecule has 160 valence electrons. The summed E-state index contributed by atoms with van der Waals surface area (Å²) in [4.78, 5) is 3.09.